The van der Waals surface area contributed by atoms with Crippen LogP contribution >= 0.6 is 0 Å². The highest BCUT2D eigenvalue weighted by molar-refractivity contribution is 5.83. The van der Waals surface area contributed by atoms with Crippen LogP contribution in [0.5, 0.6) is 0 Å². The lowest BCUT2D eigenvalue weighted by atomic mass is 10.2. The topological polar surface area (TPSA) is 64.6 Å². The largest absolute Gasteiger partial charge is 0.467 e. The third-order valence-corrected chi connectivity index (χ3v) is 2.26. The number of hydrogen-bond donors (Lipinski definition) is 1. The standard InChI is InChI=1S/C13H17NO4/c1-10(15)14-12(13(16)17-2)9-18-8-11-6-4-3-5-7-11/h3-7,12H,8-9H2,1-2H3,(H,14,15)/t12-/m0/s1. The molecule has 0 bridgehead atoms. The molecule has 0 saturated heterocycles. The third-order valence-electron chi connectivity index (χ3n) is 2.26. The predicted octanol–water partition coefficient (Wildman–Crippen LogP) is 0.881. The molecule has 0 aliphatic carbocycles. The zero-order chi connectivity index (χ0) is 13.4. The first kappa shape index (κ1) is 14.2. The van der Waals surface area contributed by atoms with Crippen LogP contribution in [0.4, 0.5) is 0 Å². The molecule has 0 spiro atoms. The zero-order valence-corrected chi connectivity index (χ0v) is 10.5. The molecule has 5 heteroatoms. The van der Waals surface area contributed by atoms with Gasteiger partial charge >= 0.3 is 5.97 Å². The van der Waals surface area contributed by atoms with Gasteiger partial charge in [0.2, 0.25) is 5.91 Å². The molecule has 1 rings (SSSR count). The summed E-state index contributed by atoms with van der Waals surface area (Å²) in [5, 5.41) is 2.48. The Bertz CT molecular complexity index is 391. The molecular formula is C13H17NO4. The molecule has 1 N–H and O–H groups in total. The number of ether oxygens (including phenoxy) is 2. The quantitative estimate of drug-likeness (QED) is 0.762. The Labute approximate surface area is 106 Å². The second-order valence-corrected chi connectivity index (χ2v) is 3.78. The van der Waals surface area contributed by atoms with Gasteiger partial charge in [0.1, 0.15) is 0 Å². The molecule has 0 fully saturated rings. The van der Waals surface area contributed by atoms with Gasteiger partial charge in [-0.3, -0.25) is 4.79 Å². The monoisotopic (exact) mass is 251 g/mol. The maximum absolute atomic E-state index is 11.4. The number of esters is 1. The number of benzene rings is 1. The first-order valence-corrected chi connectivity index (χ1v) is 5.60. The van der Waals surface area contributed by atoms with Crippen molar-refractivity contribution < 1.29 is 19.1 Å². The second kappa shape index (κ2) is 7.45. The minimum absolute atomic E-state index is 0.0845. The Morgan fingerprint density at radius 1 is 1.28 bits per heavy atom. The van der Waals surface area contributed by atoms with E-state index in [1.54, 1.807) is 0 Å². The van der Waals surface area contributed by atoms with Gasteiger partial charge in [0.15, 0.2) is 6.04 Å². The molecule has 98 valence electrons. The average Bonchev–Trinajstić information content (AvgIpc) is 2.37. The summed E-state index contributed by atoms with van der Waals surface area (Å²) < 4.78 is 9.97. The van der Waals surface area contributed by atoms with E-state index in [0.29, 0.717) is 6.61 Å². The fourth-order valence-electron chi connectivity index (χ4n) is 1.43. The molecule has 1 amide bonds. The average molecular weight is 251 g/mol. The highest BCUT2D eigenvalue weighted by Crippen LogP contribution is 2.01. The number of amides is 1. The van der Waals surface area contributed by atoms with Crippen molar-refractivity contribution in [3.8, 4) is 0 Å². The molecule has 0 saturated carbocycles. The van der Waals surface area contributed by atoms with Crippen molar-refractivity contribution in [2.45, 2.75) is 19.6 Å². The first-order valence-electron chi connectivity index (χ1n) is 5.60. The predicted molar refractivity (Wildman–Crippen MR) is 65.7 cm³/mol. The van der Waals surface area contributed by atoms with Gasteiger partial charge < -0.3 is 14.8 Å². The fourth-order valence-corrected chi connectivity index (χ4v) is 1.43. The van der Waals surface area contributed by atoms with Crippen LogP contribution in [0.15, 0.2) is 30.3 Å². The molecule has 0 aliphatic rings. The van der Waals surface area contributed by atoms with E-state index in [1.165, 1.54) is 14.0 Å². The zero-order valence-electron chi connectivity index (χ0n) is 10.5. The highest BCUT2D eigenvalue weighted by Gasteiger charge is 2.20. The molecular weight excluding hydrogens is 234 g/mol. The van der Waals surface area contributed by atoms with Gasteiger partial charge in [-0.2, -0.15) is 0 Å². The number of rotatable bonds is 6. The number of methoxy groups -OCH3 is 1. The van der Waals surface area contributed by atoms with E-state index in [4.69, 9.17) is 4.74 Å². The number of nitrogens with one attached hydrogen (secondary N) is 1. The minimum atomic E-state index is -0.767. The summed E-state index contributed by atoms with van der Waals surface area (Å²) in [4.78, 5) is 22.3. The molecule has 5 nitrogen and oxygen atoms in total. The number of carbonyl (C=O) groups excluding carboxylic acids is 2. The molecule has 1 atom stereocenters. The molecule has 0 unspecified atom stereocenters. The SMILES string of the molecule is COC(=O)[C@H](COCc1ccccc1)NC(C)=O. The van der Waals surface area contributed by atoms with Gasteiger partial charge in [0, 0.05) is 6.92 Å². The van der Waals surface area contributed by atoms with Gasteiger partial charge in [-0.05, 0) is 5.56 Å². The molecule has 0 heterocycles. The van der Waals surface area contributed by atoms with Gasteiger partial charge in [-0.15, -0.1) is 0 Å². The lowest BCUT2D eigenvalue weighted by Crippen LogP contribution is -2.43. The van der Waals surface area contributed by atoms with E-state index in [2.05, 4.69) is 10.1 Å². The van der Waals surface area contributed by atoms with Crippen molar-refractivity contribution >= 4 is 11.9 Å². The summed E-state index contributed by atoms with van der Waals surface area (Å²) in [7, 11) is 1.27. The van der Waals surface area contributed by atoms with E-state index in [1.807, 2.05) is 30.3 Å². The van der Waals surface area contributed by atoms with Crippen LogP contribution in [-0.2, 0) is 25.7 Å². The Morgan fingerprint density at radius 2 is 1.94 bits per heavy atom. The normalized spacial score (nSPS) is 11.7. The third kappa shape index (κ3) is 4.97. The number of hydrogen-bond acceptors (Lipinski definition) is 4. The van der Waals surface area contributed by atoms with E-state index in [0.717, 1.165) is 5.56 Å². The van der Waals surface area contributed by atoms with Crippen LogP contribution in [0.2, 0.25) is 0 Å². The summed E-state index contributed by atoms with van der Waals surface area (Å²) in [6, 6.07) is 8.81. The van der Waals surface area contributed by atoms with Gasteiger partial charge in [-0.25, -0.2) is 4.79 Å². The van der Waals surface area contributed by atoms with Crippen molar-refractivity contribution in [1.82, 2.24) is 5.32 Å². The Kier molecular flexibility index (Phi) is 5.87. The van der Waals surface area contributed by atoms with Crippen LogP contribution in [-0.4, -0.2) is 31.6 Å². The Hall–Kier alpha value is -1.88. The first-order chi connectivity index (χ1) is 8.63. The summed E-state index contributed by atoms with van der Waals surface area (Å²) in [5.74, 6) is -0.813. The molecule has 1 aromatic rings. The van der Waals surface area contributed by atoms with E-state index >= 15 is 0 Å². The Morgan fingerprint density at radius 3 is 2.50 bits per heavy atom. The van der Waals surface area contributed by atoms with E-state index in [-0.39, 0.29) is 12.5 Å². The van der Waals surface area contributed by atoms with Crippen molar-refractivity contribution in [2.24, 2.45) is 0 Å². The van der Waals surface area contributed by atoms with Gasteiger partial charge in [-0.1, -0.05) is 30.3 Å². The fraction of sp³-hybridized carbons (Fsp3) is 0.385. The lowest BCUT2D eigenvalue weighted by molar-refractivity contribution is -0.146. The summed E-state index contributed by atoms with van der Waals surface area (Å²) in [6.45, 7) is 1.81. The van der Waals surface area contributed by atoms with Crippen LogP contribution < -0.4 is 5.32 Å². The number of carbonyl (C=O) groups is 2. The van der Waals surface area contributed by atoms with Crippen LogP contribution in [0.3, 0.4) is 0 Å². The van der Waals surface area contributed by atoms with Crippen LogP contribution in [0.25, 0.3) is 0 Å². The van der Waals surface area contributed by atoms with Crippen molar-refractivity contribution in [2.75, 3.05) is 13.7 Å². The lowest BCUT2D eigenvalue weighted by Gasteiger charge is -2.15. The maximum Gasteiger partial charge on any atom is 0.330 e. The second-order valence-electron chi connectivity index (χ2n) is 3.78. The molecule has 0 radical (unpaired) electrons. The van der Waals surface area contributed by atoms with Crippen LogP contribution in [0, 0.1) is 0 Å². The van der Waals surface area contributed by atoms with Crippen molar-refractivity contribution in [3.05, 3.63) is 35.9 Å². The highest BCUT2D eigenvalue weighted by atomic mass is 16.5. The molecule has 0 aromatic heterocycles. The molecule has 18 heavy (non-hydrogen) atoms. The summed E-state index contributed by atoms with van der Waals surface area (Å²) >= 11 is 0. The summed E-state index contributed by atoms with van der Waals surface area (Å²) in [6.07, 6.45) is 0. The minimum Gasteiger partial charge on any atom is -0.467 e. The smallest absolute Gasteiger partial charge is 0.330 e. The van der Waals surface area contributed by atoms with Gasteiger partial charge in [0.05, 0.1) is 20.3 Å². The van der Waals surface area contributed by atoms with E-state index < -0.39 is 12.0 Å². The molecule has 0 aliphatic heterocycles. The van der Waals surface area contributed by atoms with Gasteiger partial charge in [0.25, 0.3) is 0 Å². The van der Waals surface area contributed by atoms with Crippen molar-refractivity contribution in [3.63, 3.8) is 0 Å². The maximum atomic E-state index is 11.4. The van der Waals surface area contributed by atoms with Crippen LogP contribution in [0.1, 0.15) is 12.5 Å². The molecule has 1 aromatic carbocycles. The summed E-state index contributed by atoms with van der Waals surface area (Å²) in [5.41, 5.74) is 1.00. The Balaban J connectivity index is 2.42. The van der Waals surface area contributed by atoms with E-state index in [9.17, 15) is 9.59 Å². The van der Waals surface area contributed by atoms with Crippen molar-refractivity contribution in [1.29, 1.82) is 0 Å².